The van der Waals surface area contributed by atoms with Crippen LogP contribution in [0.1, 0.15) is 12.5 Å². The first-order valence-electron chi connectivity index (χ1n) is 6.59. The number of ether oxygens (including phenoxy) is 1. The molecule has 6 nitrogen and oxygen atoms in total. The number of benzene rings is 1. The third-order valence-electron chi connectivity index (χ3n) is 3.31. The predicted molar refractivity (Wildman–Crippen MR) is 73.8 cm³/mol. The number of nitrogens with zero attached hydrogens (tertiary/aromatic N) is 1. The molecule has 1 fully saturated rings. The van der Waals surface area contributed by atoms with E-state index in [1.165, 1.54) is 4.90 Å². The zero-order valence-corrected chi connectivity index (χ0v) is 11.3. The highest BCUT2D eigenvalue weighted by molar-refractivity contribution is 5.93. The second kappa shape index (κ2) is 6.38. The van der Waals surface area contributed by atoms with Crippen LogP contribution in [-0.2, 0) is 16.0 Å². The smallest absolute Gasteiger partial charge is 0.328 e. The average Bonchev–Trinajstić information content (AvgIpc) is 2.47. The zero-order chi connectivity index (χ0) is 14.5. The molecule has 1 aliphatic rings. The van der Waals surface area contributed by atoms with Crippen LogP contribution in [-0.4, -0.2) is 47.8 Å². The Morgan fingerprint density at radius 3 is 2.90 bits per heavy atom. The molecule has 1 heterocycles. The van der Waals surface area contributed by atoms with E-state index in [1.54, 1.807) is 0 Å². The molecule has 1 aliphatic heterocycles. The van der Waals surface area contributed by atoms with E-state index < -0.39 is 18.0 Å². The highest BCUT2D eigenvalue weighted by Crippen LogP contribution is 2.17. The van der Waals surface area contributed by atoms with Gasteiger partial charge < -0.3 is 20.1 Å². The van der Waals surface area contributed by atoms with Gasteiger partial charge in [0.1, 0.15) is 0 Å². The SMILES string of the molecule is CCc1ccccc1NC(=O)N1CCOCC1C(=O)O. The van der Waals surface area contributed by atoms with Gasteiger partial charge in [0, 0.05) is 12.2 Å². The van der Waals surface area contributed by atoms with Crippen molar-refractivity contribution in [2.75, 3.05) is 25.1 Å². The minimum Gasteiger partial charge on any atom is -0.480 e. The Labute approximate surface area is 117 Å². The first kappa shape index (κ1) is 14.3. The summed E-state index contributed by atoms with van der Waals surface area (Å²) in [6, 6.07) is 6.15. The quantitative estimate of drug-likeness (QED) is 0.879. The zero-order valence-electron chi connectivity index (χ0n) is 11.3. The number of aliphatic carboxylic acids is 1. The lowest BCUT2D eigenvalue weighted by Gasteiger charge is -2.32. The second-order valence-corrected chi connectivity index (χ2v) is 4.56. The van der Waals surface area contributed by atoms with Crippen LogP contribution in [0.15, 0.2) is 24.3 Å². The van der Waals surface area contributed by atoms with Gasteiger partial charge in [-0.2, -0.15) is 0 Å². The second-order valence-electron chi connectivity index (χ2n) is 4.56. The molecule has 0 bridgehead atoms. The van der Waals surface area contributed by atoms with Gasteiger partial charge >= 0.3 is 12.0 Å². The van der Waals surface area contributed by atoms with Crippen molar-refractivity contribution in [3.63, 3.8) is 0 Å². The summed E-state index contributed by atoms with van der Waals surface area (Å²) in [5.41, 5.74) is 1.73. The number of carboxylic acids is 1. The lowest BCUT2D eigenvalue weighted by molar-refractivity contribution is -0.147. The molecule has 1 atom stereocenters. The summed E-state index contributed by atoms with van der Waals surface area (Å²) in [6.07, 6.45) is 0.794. The number of amides is 2. The number of hydrogen-bond donors (Lipinski definition) is 2. The van der Waals surface area contributed by atoms with Gasteiger partial charge in [-0.25, -0.2) is 9.59 Å². The molecule has 2 rings (SSSR count). The molecule has 0 spiro atoms. The highest BCUT2D eigenvalue weighted by atomic mass is 16.5. The first-order valence-corrected chi connectivity index (χ1v) is 6.59. The van der Waals surface area contributed by atoms with Crippen LogP contribution in [0.4, 0.5) is 10.5 Å². The Bertz CT molecular complexity index is 504. The highest BCUT2D eigenvalue weighted by Gasteiger charge is 2.32. The maximum atomic E-state index is 12.2. The van der Waals surface area contributed by atoms with Crippen molar-refractivity contribution in [2.45, 2.75) is 19.4 Å². The van der Waals surface area contributed by atoms with Crippen molar-refractivity contribution in [1.82, 2.24) is 4.90 Å². The number of aryl methyl sites for hydroxylation is 1. The Morgan fingerprint density at radius 2 is 2.20 bits per heavy atom. The van der Waals surface area contributed by atoms with Crippen molar-refractivity contribution in [2.24, 2.45) is 0 Å². The summed E-state index contributed by atoms with van der Waals surface area (Å²) in [6.45, 7) is 2.65. The number of para-hydroxylation sites is 1. The number of carbonyl (C=O) groups is 2. The Morgan fingerprint density at radius 1 is 1.45 bits per heavy atom. The van der Waals surface area contributed by atoms with Gasteiger partial charge in [-0.05, 0) is 18.1 Å². The van der Waals surface area contributed by atoms with E-state index in [1.807, 2.05) is 31.2 Å². The number of urea groups is 1. The molecule has 108 valence electrons. The molecule has 2 N–H and O–H groups in total. The van der Waals surface area contributed by atoms with Crippen molar-refractivity contribution < 1.29 is 19.4 Å². The molecule has 0 aromatic heterocycles. The standard InChI is InChI=1S/C14H18N2O4/c1-2-10-5-3-4-6-11(10)15-14(19)16-7-8-20-9-12(16)13(17)18/h3-6,12H,2,7-9H2,1H3,(H,15,19)(H,17,18). The summed E-state index contributed by atoms with van der Waals surface area (Å²) in [7, 11) is 0. The Kier molecular flexibility index (Phi) is 4.57. The maximum absolute atomic E-state index is 12.2. The lowest BCUT2D eigenvalue weighted by Crippen LogP contribution is -2.54. The Balaban J connectivity index is 2.12. The van der Waals surface area contributed by atoms with Gasteiger partial charge in [0.15, 0.2) is 6.04 Å². The molecular weight excluding hydrogens is 260 g/mol. The van der Waals surface area contributed by atoms with Gasteiger partial charge in [0.2, 0.25) is 0 Å². The number of hydrogen-bond acceptors (Lipinski definition) is 3. The molecular formula is C14H18N2O4. The minimum atomic E-state index is -1.05. The van der Waals surface area contributed by atoms with Crippen LogP contribution in [0.5, 0.6) is 0 Å². The number of carboxylic acid groups (broad SMARTS) is 1. The van der Waals surface area contributed by atoms with Gasteiger partial charge in [-0.15, -0.1) is 0 Å². The number of nitrogens with one attached hydrogen (secondary N) is 1. The number of carbonyl (C=O) groups excluding carboxylic acids is 1. The van der Waals surface area contributed by atoms with Crippen LogP contribution in [0.3, 0.4) is 0 Å². The monoisotopic (exact) mass is 278 g/mol. The van der Waals surface area contributed by atoms with Gasteiger partial charge in [0.05, 0.1) is 13.2 Å². The van der Waals surface area contributed by atoms with Crippen molar-refractivity contribution in [1.29, 1.82) is 0 Å². The van der Waals surface area contributed by atoms with E-state index >= 15 is 0 Å². The fraction of sp³-hybridized carbons (Fsp3) is 0.429. The Hall–Kier alpha value is -2.08. The summed E-state index contributed by atoms with van der Waals surface area (Å²) < 4.78 is 5.12. The first-order chi connectivity index (χ1) is 9.63. The van der Waals surface area contributed by atoms with E-state index in [-0.39, 0.29) is 13.2 Å². The molecule has 20 heavy (non-hydrogen) atoms. The largest absolute Gasteiger partial charge is 0.480 e. The van der Waals surface area contributed by atoms with Gasteiger partial charge in [-0.3, -0.25) is 0 Å². The van der Waals surface area contributed by atoms with E-state index in [2.05, 4.69) is 5.32 Å². The fourth-order valence-corrected chi connectivity index (χ4v) is 2.19. The topological polar surface area (TPSA) is 78.9 Å². The molecule has 6 heteroatoms. The van der Waals surface area contributed by atoms with Crippen molar-refractivity contribution in [3.8, 4) is 0 Å². The van der Waals surface area contributed by atoms with Crippen molar-refractivity contribution >= 4 is 17.7 Å². The molecule has 1 aromatic rings. The van der Waals surface area contributed by atoms with Gasteiger partial charge in [0.25, 0.3) is 0 Å². The van der Waals surface area contributed by atoms with E-state index in [4.69, 9.17) is 9.84 Å². The molecule has 1 aromatic carbocycles. The van der Waals surface area contributed by atoms with Gasteiger partial charge in [-0.1, -0.05) is 25.1 Å². The molecule has 2 amide bonds. The van der Waals surface area contributed by atoms with E-state index in [0.29, 0.717) is 6.61 Å². The lowest BCUT2D eigenvalue weighted by atomic mass is 10.1. The number of rotatable bonds is 3. The summed E-state index contributed by atoms with van der Waals surface area (Å²) >= 11 is 0. The molecule has 1 unspecified atom stereocenters. The van der Waals surface area contributed by atoms with Crippen LogP contribution in [0.25, 0.3) is 0 Å². The number of anilines is 1. The van der Waals surface area contributed by atoms with Crippen LogP contribution >= 0.6 is 0 Å². The van der Waals surface area contributed by atoms with Crippen molar-refractivity contribution in [3.05, 3.63) is 29.8 Å². The minimum absolute atomic E-state index is 0.0260. The molecule has 0 aliphatic carbocycles. The fourth-order valence-electron chi connectivity index (χ4n) is 2.19. The average molecular weight is 278 g/mol. The normalized spacial score (nSPS) is 18.6. The van der Waals surface area contributed by atoms with E-state index in [9.17, 15) is 9.59 Å². The molecule has 1 saturated heterocycles. The molecule has 0 radical (unpaired) electrons. The van der Waals surface area contributed by atoms with E-state index in [0.717, 1.165) is 17.7 Å². The van der Waals surface area contributed by atoms with Crippen LogP contribution in [0, 0.1) is 0 Å². The maximum Gasteiger partial charge on any atom is 0.328 e. The summed E-state index contributed by atoms with van der Waals surface area (Å²) in [4.78, 5) is 24.7. The summed E-state index contributed by atoms with van der Waals surface area (Å²) in [5.74, 6) is -1.05. The summed E-state index contributed by atoms with van der Waals surface area (Å²) in [5, 5.41) is 11.9. The molecule has 0 saturated carbocycles. The number of morpholine rings is 1. The predicted octanol–water partition coefficient (Wildman–Crippen LogP) is 1.57. The van der Waals surface area contributed by atoms with Crippen LogP contribution in [0.2, 0.25) is 0 Å². The third kappa shape index (κ3) is 3.08. The third-order valence-corrected chi connectivity index (χ3v) is 3.31. The van der Waals surface area contributed by atoms with Crippen LogP contribution < -0.4 is 5.32 Å².